The molecule has 0 radical (unpaired) electrons. The number of carbonyl (C=O) groups is 1. The number of phenolic OH excluding ortho intramolecular Hbond substituents is 1. The number of carboxylic acids is 1. The first-order valence-electron chi connectivity index (χ1n) is 10.5. The normalized spacial score (nSPS) is 14.5. The Bertz CT molecular complexity index is 1310. The number of benzene rings is 3. The van der Waals surface area contributed by atoms with Gasteiger partial charge in [0.05, 0.1) is 11.3 Å². The van der Waals surface area contributed by atoms with Gasteiger partial charge in [0.1, 0.15) is 11.3 Å². The molecule has 3 aromatic carbocycles. The molecule has 0 aliphatic carbocycles. The molecule has 4 aromatic rings. The van der Waals surface area contributed by atoms with E-state index in [9.17, 15) is 9.90 Å². The second-order valence-electron chi connectivity index (χ2n) is 8.27. The Kier molecular flexibility index (Phi) is 5.15. The van der Waals surface area contributed by atoms with Gasteiger partial charge in [-0.05, 0) is 41.3 Å². The van der Waals surface area contributed by atoms with Gasteiger partial charge in [-0.15, -0.1) is 0 Å². The highest BCUT2D eigenvalue weighted by Crippen LogP contribution is 2.37. The van der Waals surface area contributed by atoms with Gasteiger partial charge in [0, 0.05) is 25.2 Å². The summed E-state index contributed by atoms with van der Waals surface area (Å²) in [5.74, 6) is -1.17. The van der Waals surface area contributed by atoms with Gasteiger partial charge < -0.3 is 14.6 Å². The van der Waals surface area contributed by atoms with E-state index in [1.54, 1.807) is 24.3 Å². The fraction of sp³-hybridized carbons (Fsp3) is 0.192. The number of hydrogen-bond acceptors (Lipinski definition) is 4. The molecule has 1 aliphatic rings. The van der Waals surface area contributed by atoms with Crippen molar-refractivity contribution < 1.29 is 23.8 Å². The van der Waals surface area contributed by atoms with E-state index < -0.39 is 11.8 Å². The van der Waals surface area contributed by atoms with Crippen molar-refractivity contribution in [3.05, 3.63) is 89.2 Å². The maximum Gasteiger partial charge on any atom is 0.309 e. The molecule has 0 amide bonds. The predicted molar refractivity (Wildman–Crippen MR) is 119 cm³/mol. The quantitative estimate of drug-likeness (QED) is 0.447. The molecule has 32 heavy (non-hydrogen) atoms. The third kappa shape index (κ3) is 3.74. The summed E-state index contributed by atoms with van der Waals surface area (Å²) in [4.78, 5) is 13.1. The molecule has 0 atom stereocenters. The Morgan fingerprint density at radius 2 is 1.78 bits per heavy atom. The van der Waals surface area contributed by atoms with Crippen molar-refractivity contribution in [3.63, 3.8) is 0 Å². The number of aromatic hydroxyl groups is 1. The molecule has 5 rings (SSSR count). The molecule has 0 unspecified atom stereocenters. The molecule has 5 nitrogen and oxygen atoms in total. The zero-order valence-electron chi connectivity index (χ0n) is 17.3. The van der Waals surface area contributed by atoms with E-state index in [1.165, 1.54) is 0 Å². The van der Waals surface area contributed by atoms with Crippen molar-refractivity contribution in [3.8, 4) is 17.1 Å². The topological polar surface area (TPSA) is 73.9 Å². The highest BCUT2D eigenvalue weighted by Gasteiger charge is 2.33. The first kappa shape index (κ1) is 20.3. The summed E-state index contributed by atoms with van der Waals surface area (Å²) in [6.45, 7) is 1.51. The second-order valence-corrected chi connectivity index (χ2v) is 8.27. The average molecular weight is 431 g/mol. The van der Waals surface area contributed by atoms with Gasteiger partial charge in [-0.25, -0.2) is 4.39 Å². The first-order chi connectivity index (χ1) is 15.5. The van der Waals surface area contributed by atoms with Crippen LogP contribution in [0.3, 0.4) is 0 Å². The molecular formula is C26H22FNO4. The molecule has 1 aromatic heterocycles. The number of likely N-dealkylation sites (tertiary alicyclic amines) is 1. The van der Waals surface area contributed by atoms with Gasteiger partial charge in [-0.3, -0.25) is 9.69 Å². The molecular weight excluding hydrogens is 409 g/mol. The molecule has 0 saturated carbocycles. The van der Waals surface area contributed by atoms with E-state index in [4.69, 9.17) is 9.52 Å². The average Bonchev–Trinajstić information content (AvgIpc) is 3.08. The van der Waals surface area contributed by atoms with Gasteiger partial charge in [-0.2, -0.15) is 0 Å². The Labute approximate surface area is 184 Å². The summed E-state index contributed by atoms with van der Waals surface area (Å²) in [6, 6.07) is 19.9. The molecule has 1 saturated heterocycles. The molecule has 162 valence electrons. The van der Waals surface area contributed by atoms with Crippen LogP contribution in [0.2, 0.25) is 0 Å². The van der Waals surface area contributed by atoms with E-state index in [1.807, 2.05) is 47.4 Å². The monoisotopic (exact) mass is 431 g/mol. The van der Waals surface area contributed by atoms with E-state index in [-0.39, 0.29) is 17.4 Å². The summed E-state index contributed by atoms with van der Waals surface area (Å²) in [7, 11) is 0. The van der Waals surface area contributed by atoms with Crippen molar-refractivity contribution in [2.24, 2.45) is 5.92 Å². The van der Waals surface area contributed by atoms with Crippen LogP contribution >= 0.6 is 0 Å². The SMILES string of the molecule is O=C(O)C1CN(Cc2ccccc2-c2oc3cccc(Cc4cccc(O)c4)c3c2F)C1. The molecule has 1 aliphatic heterocycles. The first-order valence-corrected chi connectivity index (χ1v) is 10.5. The van der Waals surface area contributed by atoms with Crippen LogP contribution in [-0.2, 0) is 17.8 Å². The lowest BCUT2D eigenvalue weighted by molar-refractivity contribution is -0.147. The lowest BCUT2D eigenvalue weighted by Gasteiger charge is -2.36. The minimum atomic E-state index is -0.780. The number of carboxylic acid groups (broad SMARTS) is 1. The van der Waals surface area contributed by atoms with Gasteiger partial charge in [-0.1, -0.05) is 48.5 Å². The number of furan rings is 1. The Hall–Kier alpha value is -3.64. The zero-order valence-corrected chi connectivity index (χ0v) is 17.3. The smallest absolute Gasteiger partial charge is 0.309 e. The number of fused-ring (bicyclic) bond motifs is 1. The number of hydrogen-bond donors (Lipinski definition) is 2. The molecule has 0 bridgehead atoms. The van der Waals surface area contributed by atoms with Crippen molar-refractivity contribution in [1.29, 1.82) is 0 Å². The van der Waals surface area contributed by atoms with Crippen molar-refractivity contribution in [2.45, 2.75) is 13.0 Å². The van der Waals surface area contributed by atoms with E-state index in [0.717, 1.165) is 16.7 Å². The van der Waals surface area contributed by atoms with Crippen LogP contribution in [0, 0.1) is 11.7 Å². The van der Waals surface area contributed by atoms with Gasteiger partial charge >= 0.3 is 5.97 Å². The molecule has 2 heterocycles. The predicted octanol–water partition coefficient (Wildman–Crippen LogP) is 5.05. The number of nitrogens with zero attached hydrogens (tertiary/aromatic N) is 1. The largest absolute Gasteiger partial charge is 0.508 e. The van der Waals surface area contributed by atoms with Crippen LogP contribution in [0.1, 0.15) is 16.7 Å². The van der Waals surface area contributed by atoms with Crippen molar-refractivity contribution >= 4 is 16.9 Å². The maximum atomic E-state index is 15.7. The Morgan fingerprint density at radius 1 is 1.03 bits per heavy atom. The Balaban J connectivity index is 1.49. The van der Waals surface area contributed by atoms with Crippen molar-refractivity contribution in [2.75, 3.05) is 13.1 Å². The number of phenols is 1. The van der Waals surface area contributed by atoms with Crippen LogP contribution in [0.5, 0.6) is 5.75 Å². The number of rotatable bonds is 6. The third-order valence-corrected chi connectivity index (χ3v) is 6.01. The summed E-state index contributed by atoms with van der Waals surface area (Å²) in [6.07, 6.45) is 0.466. The van der Waals surface area contributed by atoms with Crippen LogP contribution in [0.25, 0.3) is 22.3 Å². The van der Waals surface area contributed by atoms with Crippen LogP contribution in [0.4, 0.5) is 4.39 Å². The summed E-state index contributed by atoms with van der Waals surface area (Å²) >= 11 is 0. The maximum absolute atomic E-state index is 15.7. The van der Waals surface area contributed by atoms with Gasteiger partial charge in [0.15, 0.2) is 11.6 Å². The van der Waals surface area contributed by atoms with Crippen LogP contribution in [-0.4, -0.2) is 34.2 Å². The Morgan fingerprint density at radius 3 is 2.56 bits per heavy atom. The fourth-order valence-electron chi connectivity index (χ4n) is 4.36. The van der Waals surface area contributed by atoms with E-state index >= 15 is 4.39 Å². The molecule has 2 N–H and O–H groups in total. The zero-order chi connectivity index (χ0) is 22.2. The summed E-state index contributed by atoms with van der Waals surface area (Å²) in [5.41, 5.74) is 3.70. The second kappa shape index (κ2) is 8.13. The highest BCUT2D eigenvalue weighted by atomic mass is 19.1. The highest BCUT2D eigenvalue weighted by molar-refractivity contribution is 5.87. The fourth-order valence-corrected chi connectivity index (χ4v) is 4.36. The minimum Gasteiger partial charge on any atom is -0.508 e. The molecule has 0 spiro atoms. The third-order valence-electron chi connectivity index (χ3n) is 6.01. The number of aliphatic carboxylic acids is 1. The standard InChI is InChI=1S/C26H22FNO4/c27-24-23-17(11-16-5-3-8-20(29)12-16)7-4-10-22(23)32-25(24)21-9-2-1-6-18(21)13-28-14-19(15-28)26(30)31/h1-10,12,19,29H,11,13-15H2,(H,30,31). The van der Waals surface area contributed by atoms with Crippen LogP contribution in [0.15, 0.2) is 71.1 Å². The van der Waals surface area contributed by atoms with Gasteiger partial charge in [0.2, 0.25) is 0 Å². The summed E-state index contributed by atoms with van der Waals surface area (Å²) < 4.78 is 21.7. The van der Waals surface area contributed by atoms with Crippen LogP contribution < -0.4 is 0 Å². The molecule has 6 heteroatoms. The van der Waals surface area contributed by atoms with E-state index in [0.29, 0.717) is 42.6 Å². The van der Waals surface area contributed by atoms with Gasteiger partial charge in [0.25, 0.3) is 0 Å². The van der Waals surface area contributed by atoms with Crippen molar-refractivity contribution in [1.82, 2.24) is 4.90 Å². The lowest BCUT2D eigenvalue weighted by atomic mass is 9.97. The lowest BCUT2D eigenvalue weighted by Crippen LogP contribution is -2.49. The number of halogens is 1. The molecule has 1 fully saturated rings. The van der Waals surface area contributed by atoms with E-state index in [2.05, 4.69) is 0 Å². The summed E-state index contributed by atoms with van der Waals surface area (Å²) in [5, 5.41) is 19.3. The minimum absolute atomic E-state index is 0.174.